The predicted molar refractivity (Wildman–Crippen MR) is 102 cm³/mol. The highest BCUT2D eigenvalue weighted by atomic mass is 35.5. The van der Waals surface area contributed by atoms with Gasteiger partial charge in [0.05, 0.1) is 21.9 Å². The Morgan fingerprint density at radius 3 is 2.54 bits per heavy atom. The van der Waals surface area contributed by atoms with E-state index in [1.54, 1.807) is 42.5 Å². The molecule has 0 saturated carbocycles. The van der Waals surface area contributed by atoms with E-state index in [1.165, 1.54) is 18.3 Å². The summed E-state index contributed by atoms with van der Waals surface area (Å²) in [4.78, 5) is 16.4. The smallest absolute Gasteiger partial charge is 0.255 e. The summed E-state index contributed by atoms with van der Waals surface area (Å²) in [5, 5.41) is 6.45. The topological polar surface area (TPSA) is 54.0 Å². The van der Waals surface area contributed by atoms with Gasteiger partial charge in [-0.1, -0.05) is 41.4 Å². The summed E-state index contributed by atoms with van der Waals surface area (Å²) in [6, 6.07) is 14.6. The van der Waals surface area contributed by atoms with Crippen molar-refractivity contribution in [3.63, 3.8) is 0 Å². The molecular formula is C19H14Cl2FN3O. The number of nitrogens with zero attached hydrogens (tertiary/aromatic N) is 1. The monoisotopic (exact) mass is 389 g/mol. The zero-order valence-electron chi connectivity index (χ0n) is 13.5. The Balaban J connectivity index is 1.61. The van der Waals surface area contributed by atoms with Crippen LogP contribution >= 0.6 is 23.2 Å². The number of carbonyl (C=O) groups excluding carboxylic acids is 1. The van der Waals surface area contributed by atoms with Crippen LogP contribution in [0.5, 0.6) is 0 Å². The third kappa shape index (κ3) is 4.50. The molecule has 0 spiro atoms. The first-order valence-electron chi connectivity index (χ1n) is 7.72. The minimum atomic E-state index is -0.322. The van der Waals surface area contributed by atoms with Crippen molar-refractivity contribution in [1.82, 2.24) is 4.98 Å². The van der Waals surface area contributed by atoms with Crippen molar-refractivity contribution in [2.45, 2.75) is 6.54 Å². The van der Waals surface area contributed by atoms with Crippen molar-refractivity contribution in [2.24, 2.45) is 0 Å². The summed E-state index contributed by atoms with van der Waals surface area (Å²) >= 11 is 11.8. The van der Waals surface area contributed by atoms with Crippen LogP contribution in [0.2, 0.25) is 10.0 Å². The SMILES string of the molecule is O=C(Nc1ccc(NCc2ccccc2F)nc1)c1ccc(Cl)c(Cl)c1. The van der Waals surface area contributed by atoms with E-state index in [0.29, 0.717) is 39.2 Å². The van der Waals surface area contributed by atoms with E-state index in [-0.39, 0.29) is 11.7 Å². The molecule has 1 amide bonds. The summed E-state index contributed by atoms with van der Waals surface area (Å²) in [7, 11) is 0. The van der Waals surface area contributed by atoms with Gasteiger partial charge in [-0.15, -0.1) is 0 Å². The summed E-state index contributed by atoms with van der Waals surface area (Å²) in [5.74, 6) is -0.0243. The lowest BCUT2D eigenvalue weighted by Gasteiger charge is -2.09. The van der Waals surface area contributed by atoms with Gasteiger partial charge in [0.25, 0.3) is 5.91 Å². The molecule has 0 unspecified atom stereocenters. The number of amides is 1. The van der Waals surface area contributed by atoms with Crippen LogP contribution in [-0.4, -0.2) is 10.9 Å². The van der Waals surface area contributed by atoms with Gasteiger partial charge in [0.2, 0.25) is 0 Å². The van der Waals surface area contributed by atoms with E-state index >= 15 is 0 Å². The van der Waals surface area contributed by atoms with Crippen molar-refractivity contribution in [3.05, 3.63) is 87.8 Å². The van der Waals surface area contributed by atoms with Crippen LogP contribution in [-0.2, 0) is 6.54 Å². The lowest BCUT2D eigenvalue weighted by molar-refractivity contribution is 0.102. The van der Waals surface area contributed by atoms with Gasteiger partial charge in [-0.25, -0.2) is 9.37 Å². The normalized spacial score (nSPS) is 10.4. The number of carbonyl (C=O) groups is 1. The van der Waals surface area contributed by atoms with Gasteiger partial charge < -0.3 is 10.6 Å². The average molecular weight is 390 g/mol. The predicted octanol–water partition coefficient (Wildman–Crippen LogP) is 5.39. The molecule has 1 aromatic heterocycles. The lowest BCUT2D eigenvalue weighted by atomic mass is 10.2. The second-order valence-corrected chi connectivity index (χ2v) is 6.27. The molecule has 0 bridgehead atoms. The molecule has 0 saturated heterocycles. The van der Waals surface area contributed by atoms with Gasteiger partial charge >= 0.3 is 0 Å². The summed E-state index contributed by atoms with van der Waals surface area (Å²) in [6.07, 6.45) is 1.51. The maximum absolute atomic E-state index is 13.6. The van der Waals surface area contributed by atoms with E-state index in [0.717, 1.165) is 0 Å². The van der Waals surface area contributed by atoms with Gasteiger partial charge in [0, 0.05) is 17.7 Å². The number of pyridine rings is 1. The highest BCUT2D eigenvalue weighted by Crippen LogP contribution is 2.23. The molecular weight excluding hydrogens is 376 g/mol. The van der Waals surface area contributed by atoms with Crippen LogP contribution in [0.1, 0.15) is 15.9 Å². The third-order valence-corrected chi connectivity index (χ3v) is 4.36. The fourth-order valence-electron chi connectivity index (χ4n) is 2.24. The number of hydrogen-bond donors (Lipinski definition) is 2. The number of benzene rings is 2. The maximum atomic E-state index is 13.6. The fraction of sp³-hybridized carbons (Fsp3) is 0.0526. The Kier molecular flexibility index (Phi) is 5.71. The molecule has 0 aliphatic rings. The van der Waals surface area contributed by atoms with Gasteiger partial charge in [0.1, 0.15) is 11.6 Å². The Bertz CT molecular complexity index is 932. The summed E-state index contributed by atoms with van der Waals surface area (Å²) < 4.78 is 13.6. The molecule has 2 N–H and O–H groups in total. The molecule has 4 nitrogen and oxygen atoms in total. The number of aromatic nitrogens is 1. The van der Waals surface area contributed by atoms with Crippen LogP contribution in [0, 0.1) is 5.82 Å². The minimum absolute atomic E-state index is 0.273. The van der Waals surface area contributed by atoms with Gasteiger partial charge in [-0.3, -0.25) is 4.79 Å². The number of halogens is 3. The molecule has 3 rings (SSSR count). The van der Waals surface area contributed by atoms with Crippen molar-refractivity contribution in [3.8, 4) is 0 Å². The Labute approximate surface area is 160 Å². The largest absolute Gasteiger partial charge is 0.366 e. The van der Waals surface area contributed by atoms with Gasteiger partial charge in [0.15, 0.2) is 0 Å². The number of anilines is 2. The Hall–Kier alpha value is -2.63. The van der Waals surface area contributed by atoms with Crippen molar-refractivity contribution in [2.75, 3.05) is 10.6 Å². The molecule has 0 aliphatic carbocycles. The third-order valence-electron chi connectivity index (χ3n) is 3.62. The molecule has 0 radical (unpaired) electrons. The second-order valence-electron chi connectivity index (χ2n) is 5.46. The molecule has 26 heavy (non-hydrogen) atoms. The minimum Gasteiger partial charge on any atom is -0.366 e. The molecule has 132 valence electrons. The quantitative estimate of drug-likeness (QED) is 0.614. The maximum Gasteiger partial charge on any atom is 0.255 e. The first kappa shape index (κ1) is 18.2. The zero-order valence-corrected chi connectivity index (χ0v) is 15.0. The molecule has 1 heterocycles. The van der Waals surface area contributed by atoms with Crippen LogP contribution < -0.4 is 10.6 Å². The fourth-order valence-corrected chi connectivity index (χ4v) is 2.54. The number of rotatable bonds is 5. The standard InChI is InChI=1S/C19H14Cl2FN3O/c20-15-7-5-12(9-16(15)21)19(26)25-14-6-8-18(24-11-14)23-10-13-3-1-2-4-17(13)22/h1-9,11H,10H2,(H,23,24)(H,25,26). The van der Waals surface area contributed by atoms with E-state index in [1.807, 2.05) is 0 Å². The van der Waals surface area contributed by atoms with Crippen LogP contribution in [0.4, 0.5) is 15.9 Å². The summed E-state index contributed by atoms with van der Waals surface area (Å²) in [5.41, 5.74) is 1.46. The Morgan fingerprint density at radius 2 is 1.85 bits per heavy atom. The van der Waals surface area contributed by atoms with Crippen molar-refractivity contribution >= 4 is 40.6 Å². The average Bonchev–Trinajstić information content (AvgIpc) is 2.64. The van der Waals surface area contributed by atoms with E-state index < -0.39 is 0 Å². The molecule has 7 heteroatoms. The van der Waals surface area contributed by atoms with Crippen LogP contribution in [0.25, 0.3) is 0 Å². The van der Waals surface area contributed by atoms with Gasteiger partial charge in [-0.05, 0) is 36.4 Å². The first-order valence-corrected chi connectivity index (χ1v) is 8.48. The second kappa shape index (κ2) is 8.17. The molecule has 0 atom stereocenters. The van der Waals surface area contributed by atoms with E-state index in [9.17, 15) is 9.18 Å². The van der Waals surface area contributed by atoms with Crippen molar-refractivity contribution in [1.29, 1.82) is 0 Å². The van der Waals surface area contributed by atoms with E-state index in [2.05, 4.69) is 15.6 Å². The summed E-state index contributed by atoms with van der Waals surface area (Å²) in [6.45, 7) is 0.314. The molecule has 0 fully saturated rings. The lowest BCUT2D eigenvalue weighted by Crippen LogP contribution is -2.12. The Morgan fingerprint density at radius 1 is 1.04 bits per heavy atom. The van der Waals surface area contributed by atoms with Crippen LogP contribution in [0.15, 0.2) is 60.8 Å². The molecule has 3 aromatic rings. The zero-order chi connectivity index (χ0) is 18.5. The first-order chi connectivity index (χ1) is 12.5. The van der Waals surface area contributed by atoms with Crippen LogP contribution in [0.3, 0.4) is 0 Å². The highest BCUT2D eigenvalue weighted by Gasteiger charge is 2.09. The number of hydrogen-bond acceptors (Lipinski definition) is 3. The molecule has 2 aromatic carbocycles. The molecule has 0 aliphatic heterocycles. The van der Waals surface area contributed by atoms with E-state index in [4.69, 9.17) is 23.2 Å². The van der Waals surface area contributed by atoms with Crippen molar-refractivity contribution < 1.29 is 9.18 Å². The number of nitrogens with one attached hydrogen (secondary N) is 2. The van der Waals surface area contributed by atoms with Gasteiger partial charge in [-0.2, -0.15) is 0 Å². The highest BCUT2D eigenvalue weighted by molar-refractivity contribution is 6.42.